The molecule has 0 aliphatic carbocycles. The molecule has 1 amide bonds. The van der Waals surface area contributed by atoms with E-state index in [-0.39, 0.29) is 40.7 Å². The fraction of sp³-hybridized carbons (Fsp3) is 0.367. The normalized spacial score (nSPS) is 18.4. The average Bonchev–Trinajstić information content (AvgIpc) is 2.95. The van der Waals surface area contributed by atoms with Gasteiger partial charge in [0.2, 0.25) is 0 Å². The number of benzene rings is 3. The smallest absolute Gasteiger partial charge is 0.261 e. The molecule has 0 spiro atoms. The van der Waals surface area contributed by atoms with Crippen LogP contribution in [0.4, 0.5) is 5.69 Å². The molecule has 0 radical (unpaired) electrons. The molecule has 0 unspecified atom stereocenters. The van der Waals surface area contributed by atoms with Crippen LogP contribution >= 0.6 is 0 Å². The summed E-state index contributed by atoms with van der Waals surface area (Å²) >= 11 is 0. The van der Waals surface area contributed by atoms with Crippen molar-refractivity contribution in [3.8, 4) is 11.5 Å². The fourth-order valence-electron chi connectivity index (χ4n) is 4.73. The quantitative estimate of drug-likeness (QED) is 0.383. The van der Waals surface area contributed by atoms with Crippen molar-refractivity contribution in [3.63, 3.8) is 0 Å². The third-order valence-electron chi connectivity index (χ3n) is 7.07. The minimum atomic E-state index is -3.85. The van der Waals surface area contributed by atoms with Gasteiger partial charge in [0, 0.05) is 31.2 Å². The Bertz CT molecular complexity index is 1400. The number of nitrogens with one attached hydrogen (secondary N) is 1. The lowest BCUT2D eigenvalue weighted by Crippen LogP contribution is -2.49. The van der Waals surface area contributed by atoms with Gasteiger partial charge in [-0.25, -0.2) is 8.42 Å². The van der Waals surface area contributed by atoms with Gasteiger partial charge >= 0.3 is 0 Å². The first-order valence-corrected chi connectivity index (χ1v) is 14.7. The first kappa shape index (κ1) is 29.4. The summed E-state index contributed by atoms with van der Waals surface area (Å²) in [6.45, 7) is 5.28. The van der Waals surface area contributed by atoms with Crippen LogP contribution in [0.5, 0.6) is 11.5 Å². The molecule has 1 aliphatic rings. The Morgan fingerprint density at radius 2 is 1.82 bits per heavy atom. The van der Waals surface area contributed by atoms with E-state index in [0.717, 1.165) is 11.3 Å². The van der Waals surface area contributed by atoms with Crippen LogP contribution in [0.15, 0.2) is 77.7 Å². The molecule has 3 atom stereocenters. The van der Waals surface area contributed by atoms with E-state index in [1.807, 2.05) is 38.2 Å². The van der Waals surface area contributed by atoms with E-state index in [1.54, 1.807) is 49.3 Å². The van der Waals surface area contributed by atoms with Crippen LogP contribution in [0.3, 0.4) is 0 Å². The first-order chi connectivity index (χ1) is 19.1. The van der Waals surface area contributed by atoms with Crippen molar-refractivity contribution in [1.29, 1.82) is 0 Å². The van der Waals surface area contributed by atoms with Crippen molar-refractivity contribution in [1.82, 2.24) is 9.80 Å². The Balaban J connectivity index is 1.61. The van der Waals surface area contributed by atoms with E-state index >= 15 is 0 Å². The zero-order valence-corrected chi connectivity index (χ0v) is 24.1. The number of fused-ring (bicyclic) bond motifs is 1. The molecular formula is C30H37N3O6S. The molecule has 9 nitrogen and oxygen atoms in total. The number of rotatable bonds is 10. The Labute approximate surface area is 236 Å². The fourth-order valence-corrected chi connectivity index (χ4v) is 5.80. The number of sulfonamides is 1. The van der Waals surface area contributed by atoms with Crippen molar-refractivity contribution in [2.75, 3.05) is 38.6 Å². The van der Waals surface area contributed by atoms with Crippen molar-refractivity contribution in [3.05, 3.63) is 83.9 Å². The predicted octanol–water partition coefficient (Wildman–Crippen LogP) is 3.85. The molecule has 3 aromatic rings. The minimum absolute atomic E-state index is 0.0410. The lowest BCUT2D eigenvalue weighted by atomic mass is 9.99. The minimum Gasteiger partial charge on any atom is -0.497 e. The number of carbonyl (C=O) groups is 1. The summed E-state index contributed by atoms with van der Waals surface area (Å²) in [5.41, 5.74) is 1.62. The van der Waals surface area contributed by atoms with Gasteiger partial charge in [0.15, 0.2) is 0 Å². The molecule has 10 heteroatoms. The number of ether oxygens (including phenoxy) is 2. The van der Waals surface area contributed by atoms with Gasteiger partial charge in [-0.15, -0.1) is 0 Å². The number of carbonyl (C=O) groups excluding carboxylic acids is 1. The Morgan fingerprint density at radius 3 is 2.48 bits per heavy atom. The summed E-state index contributed by atoms with van der Waals surface area (Å²) < 4.78 is 40.1. The van der Waals surface area contributed by atoms with Gasteiger partial charge in [0.05, 0.1) is 30.2 Å². The molecular weight excluding hydrogens is 530 g/mol. The molecule has 3 aromatic carbocycles. The van der Waals surface area contributed by atoms with Gasteiger partial charge in [-0.2, -0.15) is 0 Å². The Kier molecular flexibility index (Phi) is 9.34. The number of hydrogen-bond acceptors (Lipinski definition) is 7. The van der Waals surface area contributed by atoms with Crippen LogP contribution in [0.25, 0.3) is 0 Å². The van der Waals surface area contributed by atoms with E-state index in [0.29, 0.717) is 25.4 Å². The molecule has 2 N–H and O–H groups in total. The number of likely N-dealkylation sites (N-methyl/N-ethyl adjacent to an activating group) is 1. The van der Waals surface area contributed by atoms with Gasteiger partial charge in [0.1, 0.15) is 17.6 Å². The van der Waals surface area contributed by atoms with Crippen LogP contribution in [0, 0.1) is 5.92 Å². The highest BCUT2D eigenvalue weighted by Gasteiger charge is 2.33. The highest BCUT2D eigenvalue weighted by molar-refractivity contribution is 7.92. The van der Waals surface area contributed by atoms with E-state index in [1.165, 1.54) is 18.2 Å². The molecule has 4 rings (SSSR count). The molecule has 0 saturated heterocycles. The maximum Gasteiger partial charge on any atom is 0.261 e. The van der Waals surface area contributed by atoms with Gasteiger partial charge in [-0.1, -0.05) is 37.3 Å². The van der Waals surface area contributed by atoms with E-state index in [4.69, 9.17) is 9.47 Å². The van der Waals surface area contributed by atoms with Crippen LogP contribution in [0.1, 0.15) is 29.8 Å². The van der Waals surface area contributed by atoms with Crippen molar-refractivity contribution >= 4 is 21.6 Å². The molecule has 40 heavy (non-hydrogen) atoms. The van der Waals surface area contributed by atoms with E-state index in [9.17, 15) is 18.3 Å². The second-order valence-electron chi connectivity index (χ2n) is 10.3. The van der Waals surface area contributed by atoms with Crippen molar-refractivity contribution in [2.45, 2.75) is 37.4 Å². The van der Waals surface area contributed by atoms with Crippen molar-refractivity contribution in [2.24, 2.45) is 5.92 Å². The van der Waals surface area contributed by atoms with Crippen LogP contribution < -0.4 is 14.2 Å². The lowest BCUT2D eigenvalue weighted by Gasteiger charge is -2.38. The van der Waals surface area contributed by atoms with Gasteiger partial charge in [0.25, 0.3) is 15.9 Å². The largest absolute Gasteiger partial charge is 0.497 e. The van der Waals surface area contributed by atoms with Crippen molar-refractivity contribution < 1.29 is 27.8 Å². The lowest BCUT2D eigenvalue weighted by molar-refractivity contribution is 0.0341. The maximum absolute atomic E-state index is 13.7. The second kappa shape index (κ2) is 12.7. The van der Waals surface area contributed by atoms with Crippen LogP contribution in [-0.4, -0.2) is 75.2 Å². The SMILES string of the molecule is COc1ccc(CN(C)C[C@@H]2Oc3ccc(NS(=O)(=O)c4ccccc4)cc3C(=O)N([C@@H](C)CO)C[C@H]2C)cc1. The number of hydrogen-bond donors (Lipinski definition) is 2. The summed E-state index contributed by atoms with van der Waals surface area (Å²) in [5, 5.41) is 9.91. The average molecular weight is 568 g/mol. The predicted molar refractivity (Wildman–Crippen MR) is 154 cm³/mol. The topological polar surface area (TPSA) is 108 Å². The first-order valence-electron chi connectivity index (χ1n) is 13.2. The number of methoxy groups -OCH3 is 1. The van der Waals surface area contributed by atoms with E-state index in [2.05, 4.69) is 9.62 Å². The van der Waals surface area contributed by atoms with Gasteiger partial charge in [-0.3, -0.25) is 14.4 Å². The number of nitrogens with zero attached hydrogens (tertiary/aromatic N) is 2. The maximum atomic E-state index is 13.7. The van der Waals surface area contributed by atoms with Crippen LogP contribution in [-0.2, 0) is 16.6 Å². The molecule has 0 bridgehead atoms. The molecule has 214 valence electrons. The highest BCUT2D eigenvalue weighted by atomic mass is 32.2. The molecule has 0 saturated carbocycles. The summed E-state index contributed by atoms with van der Waals surface area (Å²) in [6.07, 6.45) is -0.268. The van der Waals surface area contributed by atoms with Crippen LogP contribution in [0.2, 0.25) is 0 Å². The standard InChI is InChI=1S/C30H37N3O6S/c1-21-17-33(22(2)20-34)30(35)27-16-24(31-40(36,37)26-8-6-5-7-9-26)12-15-28(27)39-29(21)19-32(3)18-23-10-13-25(38-4)14-11-23/h5-16,21-22,29,31,34H,17-20H2,1-4H3/t21-,22+,29+/m1/s1. The third-order valence-corrected chi connectivity index (χ3v) is 8.47. The molecule has 1 aliphatic heterocycles. The van der Waals surface area contributed by atoms with Gasteiger partial charge < -0.3 is 19.5 Å². The number of aliphatic hydroxyl groups excluding tert-OH is 1. The Hall–Kier alpha value is -3.60. The second-order valence-corrected chi connectivity index (χ2v) is 12.0. The zero-order valence-electron chi connectivity index (χ0n) is 23.3. The molecule has 1 heterocycles. The summed E-state index contributed by atoms with van der Waals surface area (Å²) in [6, 6.07) is 20.2. The zero-order chi connectivity index (χ0) is 28.9. The monoisotopic (exact) mass is 567 g/mol. The third kappa shape index (κ3) is 6.93. The summed E-state index contributed by atoms with van der Waals surface area (Å²) in [5.74, 6) is 0.806. The molecule has 0 fully saturated rings. The summed E-state index contributed by atoms with van der Waals surface area (Å²) in [4.78, 5) is 17.6. The number of anilines is 1. The highest BCUT2D eigenvalue weighted by Crippen LogP contribution is 2.31. The number of aliphatic hydroxyl groups is 1. The van der Waals surface area contributed by atoms with Gasteiger partial charge in [-0.05, 0) is 62.0 Å². The number of amides is 1. The summed E-state index contributed by atoms with van der Waals surface area (Å²) in [7, 11) is -0.195. The Morgan fingerprint density at radius 1 is 1.12 bits per heavy atom. The van der Waals surface area contributed by atoms with E-state index < -0.39 is 16.1 Å². The molecule has 0 aromatic heterocycles.